The number of ether oxygens (including phenoxy) is 1. The largest absolute Gasteiger partial charge is 0.381 e. The van der Waals surface area contributed by atoms with Gasteiger partial charge in [-0.3, -0.25) is 10.1 Å². The van der Waals surface area contributed by atoms with Gasteiger partial charge in [0.15, 0.2) is 0 Å². The van der Waals surface area contributed by atoms with E-state index in [1.165, 1.54) is 0 Å². The number of carbonyl (C=O) groups excluding carboxylic acids is 1. The van der Waals surface area contributed by atoms with E-state index in [0.29, 0.717) is 5.92 Å². The highest BCUT2D eigenvalue weighted by Crippen LogP contribution is 2.14. The van der Waals surface area contributed by atoms with Crippen molar-refractivity contribution in [2.24, 2.45) is 5.92 Å². The van der Waals surface area contributed by atoms with Gasteiger partial charge in [-0.25, -0.2) is 0 Å². The second-order valence-corrected chi connectivity index (χ2v) is 5.10. The van der Waals surface area contributed by atoms with Gasteiger partial charge in [0.25, 0.3) is 0 Å². The van der Waals surface area contributed by atoms with Gasteiger partial charge in [0.2, 0.25) is 5.91 Å². The Labute approximate surface area is 94.5 Å². The first-order valence-electron chi connectivity index (χ1n) is 5.53. The van der Waals surface area contributed by atoms with Crippen LogP contribution in [0.1, 0.15) is 12.8 Å². The third-order valence-electron chi connectivity index (χ3n) is 2.94. The van der Waals surface area contributed by atoms with Crippen LogP contribution in [0.3, 0.4) is 0 Å². The van der Waals surface area contributed by atoms with Crippen LogP contribution in [0.2, 0.25) is 0 Å². The van der Waals surface area contributed by atoms with Crippen LogP contribution in [0.15, 0.2) is 0 Å². The van der Waals surface area contributed by atoms with Crippen molar-refractivity contribution in [1.82, 2.24) is 10.6 Å². The SMILES string of the molecule is O=C(NCC1CCOCC1)[C@H]1CSCN1. The summed E-state index contributed by atoms with van der Waals surface area (Å²) in [5, 5.41) is 6.19. The van der Waals surface area contributed by atoms with E-state index in [-0.39, 0.29) is 11.9 Å². The van der Waals surface area contributed by atoms with Gasteiger partial charge in [0.1, 0.15) is 0 Å². The molecule has 0 aliphatic carbocycles. The summed E-state index contributed by atoms with van der Waals surface area (Å²) >= 11 is 1.78. The molecule has 86 valence electrons. The molecule has 15 heavy (non-hydrogen) atoms. The van der Waals surface area contributed by atoms with Crippen molar-refractivity contribution in [2.75, 3.05) is 31.4 Å². The smallest absolute Gasteiger partial charge is 0.238 e. The van der Waals surface area contributed by atoms with Crippen LogP contribution in [0.5, 0.6) is 0 Å². The molecule has 0 radical (unpaired) electrons. The van der Waals surface area contributed by atoms with Gasteiger partial charge in [-0.15, -0.1) is 11.8 Å². The monoisotopic (exact) mass is 230 g/mol. The summed E-state index contributed by atoms with van der Waals surface area (Å²) in [5.74, 6) is 2.57. The molecule has 0 saturated carbocycles. The quantitative estimate of drug-likeness (QED) is 0.727. The van der Waals surface area contributed by atoms with Crippen molar-refractivity contribution < 1.29 is 9.53 Å². The highest BCUT2D eigenvalue weighted by Gasteiger charge is 2.23. The van der Waals surface area contributed by atoms with E-state index in [1.807, 2.05) is 0 Å². The van der Waals surface area contributed by atoms with E-state index < -0.39 is 0 Å². The van der Waals surface area contributed by atoms with Crippen molar-refractivity contribution in [2.45, 2.75) is 18.9 Å². The maximum Gasteiger partial charge on any atom is 0.238 e. The zero-order chi connectivity index (χ0) is 10.5. The molecule has 0 aromatic heterocycles. The molecule has 2 rings (SSSR count). The number of thioether (sulfide) groups is 1. The lowest BCUT2D eigenvalue weighted by molar-refractivity contribution is -0.122. The number of hydrogen-bond donors (Lipinski definition) is 2. The Balaban J connectivity index is 1.65. The van der Waals surface area contributed by atoms with E-state index in [1.54, 1.807) is 11.8 Å². The summed E-state index contributed by atoms with van der Waals surface area (Å²) in [7, 11) is 0. The van der Waals surface area contributed by atoms with E-state index in [2.05, 4.69) is 10.6 Å². The third kappa shape index (κ3) is 3.36. The highest BCUT2D eigenvalue weighted by atomic mass is 32.2. The summed E-state index contributed by atoms with van der Waals surface area (Å²) in [5.41, 5.74) is 0. The van der Waals surface area contributed by atoms with Crippen LogP contribution in [0, 0.1) is 5.92 Å². The van der Waals surface area contributed by atoms with Gasteiger partial charge >= 0.3 is 0 Å². The Morgan fingerprint density at radius 3 is 2.93 bits per heavy atom. The van der Waals surface area contributed by atoms with Crippen molar-refractivity contribution >= 4 is 17.7 Å². The predicted molar refractivity (Wildman–Crippen MR) is 60.8 cm³/mol. The standard InChI is InChI=1S/C10H18N2O2S/c13-10(9-6-15-7-12-9)11-5-8-1-3-14-4-2-8/h8-9,12H,1-7H2,(H,11,13)/t9-/m1/s1. The van der Waals surface area contributed by atoms with Gasteiger partial charge in [0, 0.05) is 31.4 Å². The molecule has 2 aliphatic rings. The average Bonchev–Trinajstić information content (AvgIpc) is 2.81. The molecule has 0 aromatic carbocycles. The molecule has 2 fully saturated rings. The third-order valence-corrected chi connectivity index (χ3v) is 3.88. The molecule has 0 spiro atoms. The molecule has 0 unspecified atom stereocenters. The molecular weight excluding hydrogens is 212 g/mol. The number of rotatable bonds is 3. The fourth-order valence-corrected chi connectivity index (χ4v) is 2.82. The average molecular weight is 230 g/mol. The molecule has 2 heterocycles. The van der Waals surface area contributed by atoms with Gasteiger partial charge in [0.05, 0.1) is 6.04 Å². The molecule has 1 atom stereocenters. The summed E-state index contributed by atoms with van der Waals surface area (Å²) in [4.78, 5) is 11.7. The Bertz CT molecular complexity index is 213. The normalized spacial score (nSPS) is 27.9. The summed E-state index contributed by atoms with van der Waals surface area (Å²) in [6.07, 6.45) is 2.15. The first-order chi connectivity index (χ1) is 7.36. The molecule has 2 N–H and O–H groups in total. The first kappa shape index (κ1) is 11.2. The molecule has 4 nitrogen and oxygen atoms in total. The van der Waals surface area contributed by atoms with Crippen LogP contribution in [0.4, 0.5) is 0 Å². The van der Waals surface area contributed by atoms with Gasteiger partial charge in [-0.1, -0.05) is 0 Å². The minimum atomic E-state index is 0.0230. The topological polar surface area (TPSA) is 50.4 Å². The maximum atomic E-state index is 11.7. The fourth-order valence-electron chi connectivity index (χ4n) is 1.88. The van der Waals surface area contributed by atoms with Crippen molar-refractivity contribution in [3.05, 3.63) is 0 Å². The lowest BCUT2D eigenvalue weighted by Crippen LogP contribution is -2.44. The number of amides is 1. The van der Waals surface area contributed by atoms with Crippen molar-refractivity contribution in [1.29, 1.82) is 0 Å². The molecule has 2 aliphatic heterocycles. The van der Waals surface area contributed by atoms with Gasteiger partial charge in [-0.2, -0.15) is 0 Å². The molecule has 1 amide bonds. The van der Waals surface area contributed by atoms with Gasteiger partial charge in [-0.05, 0) is 18.8 Å². The first-order valence-corrected chi connectivity index (χ1v) is 6.68. The molecule has 2 saturated heterocycles. The van der Waals surface area contributed by atoms with Crippen LogP contribution >= 0.6 is 11.8 Å². The lowest BCUT2D eigenvalue weighted by atomic mass is 10.0. The molecule has 0 aromatic rings. The number of carbonyl (C=O) groups is 1. The fraction of sp³-hybridized carbons (Fsp3) is 0.900. The van der Waals surface area contributed by atoms with Crippen LogP contribution in [0.25, 0.3) is 0 Å². The maximum absolute atomic E-state index is 11.7. The lowest BCUT2D eigenvalue weighted by Gasteiger charge is -2.22. The highest BCUT2D eigenvalue weighted by molar-refractivity contribution is 7.99. The van der Waals surface area contributed by atoms with E-state index in [4.69, 9.17) is 4.74 Å². The zero-order valence-electron chi connectivity index (χ0n) is 8.83. The van der Waals surface area contributed by atoms with E-state index >= 15 is 0 Å². The number of nitrogens with one attached hydrogen (secondary N) is 2. The Kier molecular flexibility index (Phi) is 4.29. The van der Waals surface area contributed by atoms with E-state index in [0.717, 1.165) is 44.2 Å². The molecule has 5 heteroatoms. The number of hydrogen-bond acceptors (Lipinski definition) is 4. The second-order valence-electron chi connectivity index (χ2n) is 4.07. The Morgan fingerprint density at radius 1 is 1.47 bits per heavy atom. The summed E-state index contributed by atoms with van der Waals surface area (Å²) in [6, 6.07) is 0.0230. The molecule has 0 bridgehead atoms. The second kappa shape index (κ2) is 5.72. The van der Waals surface area contributed by atoms with Crippen LogP contribution in [-0.2, 0) is 9.53 Å². The van der Waals surface area contributed by atoms with E-state index in [9.17, 15) is 4.79 Å². The minimum absolute atomic E-state index is 0.0230. The van der Waals surface area contributed by atoms with Crippen LogP contribution < -0.4 is 10.6 Å². The molecular formula is C10H18N2O2S. The predicted octanol–water partition coefficient (Wildman–Crippen LogP) is 0.192. The summed E-state index contributed by atoms with van der Waals surface area (Å²) < 4.78 is 5.28. The van der Waals surface area contributed by atoms with Gasteiger partial charge < -0.3 is 10.1 Å². The minimum Gasteiger partial charge on any atom is -0.381 e. The van der Waals surface area contributed by atoms with Crippen LogP contribution in [-0.4, -0.2) is 43.3 Å². The summed E-state index contributed by atoms with van der Waals surface area (Å²) in [6.45, 7) is 2.50. The van der Waals surface area contributed by atoms with Crippen molar-refractivity contribution in [3.63, 3.8) is 0 Å². The zero-order valence-corrected chi connectivity index (χ0v) is 9.65. The Morgan fingerprint density at radius 2 is 2.27 bits per heavy atom. The Hall–Kier alpha value is -0.260. The van der Waals surface area contributed by atoms with Crippen molar-refractivity contribution in [3.8, 4) is 0 Å².